The summed E-state index contributed by atoms with van der Waals surface area (Å²) in [7, 11) is 0. The minimum atomic E-state index is -4.40. The summed E-state index contributed by atoms with van der Waals surface area (Å²) >= 11 is 0. The van der Waals surface area contributed by atoms with Gasteiger partial charge < -0.3 is 14.6 Å². The second-order valence-electron chi connectivity index (χ2n) is 6.54. The van der Waals surface area contributed by atoms with E-state index in [1.165, 1.54) is 12.1 Å². The molecule has 5 nitrogen and oxygen atoms in total. The zero-order valence-corrected chi connectivity index (χ0v) is 14.3. The Morgan fingerprint density at radius 3 is 2.59 bits per heavy atom. The largest absolute Gasteiger partial charge is 0.416 e. The second-order valence-corrected chi connectivity index (χ2v) is 6.54. The molecule has 3 aromatic rings. The molecule has 4 rings (SSSR count). The number of carbonyl (C=O) groups is 1. The highest BCUT2D eigenvalue weighted by molar-refractivity contribution is 5.89. The third-order valence-electron chi connectivity index (χ3n) is 4.54. The molecule has 1 aliphatic carbocycles. The molecule has 0 aliphatic heterocycles. The predicted octanol–water partition coefficient (Wildman–Crippen LogP) is 4.55. The molecule has 1 aromatic carbocycles. The van der Waals surface area contributed by atoms with Gasteiger partial charge in [-0.3, -0.25) is 0 Å². The number of rotatable bonds is 4. The SMILES string of the molecule is O=C(Nc1ccc(C(F)(F)F)cc1)N(Cc1cnc2ccccn12)C1CC1. The zero-order valence-electron chi connectivity index (χ0n) is 14.3. The molecule has 1 N–H and O–H groups in total. The Morgan fingerprint density at radius 2 is 1.93 bits per heavy atom. The number of nitrogens with one attached hydrogen (secondary N) is 1. The fraction of sp³-hybridized carbons (Fsp3) is 0.263. The van der Waals surface area contributed by atoms with Crippen LogP contribution in [0, 0.1) is 0 Å². The van der Waals surface area contributed by atoms with Crippen molar-refractivity contribution in [2.45, 2.75) is 31.6 Å². The molecule has 0 saturated heterocycles. The van der Waals surface area contributed by atoms with Gasteiger partial charge in [0.2, 0.25) is 0 Å². The molecule has 0 atom stereocenters. The molecule has 2 heterocycles. The van der Waals surface area contributed by atoms with Crippen LogP contribution in [0.4, 0.5) is 23.7 Å². The molecule has 0 radical (unpaired) electrons. The van der Waals surface area contributed by atoms with Crippen LogP contribution in [-0.2, 0) is 12.7 Å². The Hall–Kier alpha value is -3.03. The zero-order chi connectivity index (χ0) is 19.0. The van der Waals surface area contributed by atoms with Crippen molar-refractivity contribution in [3.63, 3.8) is 0 Å². The van der Waals surface area contributed by atoms with Crippen molar-refractivity contribution in [3.8, 4) is 0 Å². The minimum absolute atomic E-state index is 0.133. The molecule has 0 spiro atoms. The van der Waals surface area contributed by atoms with Crippen molar-refractivity contribution in [2.75, 3.05) is 5.32 Å². The predicted molar refractivity (Wildman–Crippen MR) is 94.2 cm³/mol. The van der Waals surface area contributed by atoms with E-state index in [-0.39, 0.29) is 12.1 Å². The number of alkyl halides is 3. The Labute approximate surface area is 153 Å². The van der Waals surface area contributed by atoms with E-state index in [1.807, 2.05) is 28.8 Å². The maximum Gasteiger partial charge on any atom is 0.416 e. The summed E-state index contributed by atoms with van der Waals surface area (Å²) in [5.41, 5.74) is 1.26. The van der Waals surface area contributed by atoms with Gasteiger partial charge in [0.05, 0.1) is 24.0 Å². The maximum atomic E-state index is 12.7. The van der Waals surface area contributed by atoms with Gasteiger partial charge in [0.25, 0.3) is 0 Å². The van der Waals surface area contributed by atoms with Gasteiger partial charge in [0.1, 0.15) is 5.65 Å². The van der Waals surface area contributed by atoms with E-state index in [4.69, 9.17) is 0 Å². The molecular formula is C19H17F3N4O. The summed E-state index contributed by atoms with van der Waals surface area (Å²) in [4.78, 5) is 18.7. The van der Waals surface area contributed by atoms with Gasteiger partial charge in [-0.2, -0.15) is 13.2 Å². The molecule has 27 heavy (non-hydrogen) atoms. The maximum absolute atomic E-state index is 12.7. The molecule has 1 saturated carbocycles. The van der Waals surface area contributed by atoms with Gasteiger partial charge in [-0.1, -0.05) is 6.07 Å². The molecule has 1 aliphatic rings. The van der Waals surface area contributed by atoms with Crippen molar-refractivity contribution >= 4 is 17.4 Å². The van der Waals surface area contributed by atoms with Crippen molar-refractivity contribution < 1.29 is 18.0 Å². The number of aromatic nitrogens is 2. The number of urea groups is 1. The number of amides is 2. The average Bonchev–Trinajstić information content (AvgIpc) is 3.40. The van der Waals surface area contributed by atoms with E-state index < -0.39 is 11.7 Å². The summed E-state index contributed by atoms with van der Waals surface area (Å²) in [6, 6.07) is 9.91. The van der Waals surface area contributed by atoms with E-state index in [2.05, 4.69) is 10.3 Å². The molecule has 1 fully saturated rings. The third-order valence-corrected chi connectivity index (χ3v) is 4.54. The van der Waals surface area contributed by atoms with Gasteiger partial charge in [0.15, 0.2) is 0 Å². The monoisotopic (exact) mass is 374 g/mol. The molecule has 0 unspecified atom stereocenters. The Balaban J connectivity index is 1.50. The highest BCUT2D eigenvalue weighted by atomic mass is 19.4. The van der Waals surface area contributed by atoms with Crippen LogP contribution < -0.4 is 5.32 Å². The normalized spacial score (nSPS) is 14.3. The lowest BCUT2D eigenvalue weighted by molar-refractivity contribution is -0.137. The first-order valence-corrected chi connectivity index (χ1v) is 8.58. The van der Waals surface area contributed by atoms with Gasteiger partial charge >= 0.3 is 12.2 Å². The minimum Gasteiger partial charge on any atom is -0.316 e. The van der Waals surface area contributed by atoms with Crippen LogP contribution in [0.2, 0.25) is 0 Å². The third kappa shape index (κ3) is 3.74. The second kappa shape index (κ2) is 6.61. The number of hydrogen-bond acceptors (Lipinski definition) is 2. The van der Waals surface area contributed by atoms with Gasteiger partial charge in [-0.05, 0) is 49.2 Å². The number of carbonyl (C=O) groups excluding carboxylic acids is 1. The summed E-state index contributed by atoms with van der Waals surface area (Å²) < 4.78 is 39.9. The number of benzene rings is 1. The van der Waals surface area contributed by atoms with E-state index in [1.54, 1.807) is 11.1 Å². The number of hydrogen-bond donors (Lipinski definition) is 1. The van der Waals surface area contributed by atoms with Crippen molar-refractivity contribution in [3.05, 3.63) is 66.1 Å². The molecule has 8 heteroatoms. The number of pyridine rings is 1. The molecular weight excluding hydrogens is 357 g/mol. The lowest BCUT2D eigenvalue weighted by Crippen LogP contribution is -2.36. The number of imidazole rings is 1. The number of anilines is 1. The standard InChI is InChI=1S/C19H17F3N4O/c20-19(21,22)13-4-6-14(7-5-13)24-18(27)26(15-8-9-15)12-16-11-23-17-3-1-2-10-25(16)17/h1-7,10-11,15H,8-9,12H2,(H,24,27). The summed E-state index contributed by atoms with van der Waals surface area (Å²) in [6.07, 6.45) is 1.05. The first-order valence-electron chi connectivity index (χ1n) is 8.58. The van der Waals surface area contributed by atoms with Crippen LogP contribution in [0.5, 0.6) is 0 Å². The number of nitrogens with zero attached hydrogens (tertiary/aromatic N) is 3. The van der Waals surface area contributed by atoms with Crippen molar-refractivity contribution in [1.29, 1.82) is 0 Å². The fourth-order valence-corrected chi connectivity index (χ4v) is 2.97. The van der Waals surface area contributed by atoms with Crippen LogP contribution >= 0.6 is 0 Å². The lowest BCUT2D eigenvalue weighted by Gasteiger charge is -2.22. The molecule has 2 aromatic heterocycles. The van der Waals surface area contributed by atoms with Crippen LogP contribution in [0.3, 0.4) is 0 Å². The smallest absolute Gasteiger partial charge is 0.316 e. The number of fused-ring (bicyclic) bond motifs is 1. The highest BCUT2D eigenvalue weighted by Gasteiger charge is 2.34. The fourth-order valence-electron chi connectivity index (χ4n) is 2.97. The van der Waals surface area contributed by atoms with Gasteiger partial charge in [-0.15, -0.1) is 0 Å². The van der Waals surface area contributed by atoms with Crippen LogP contribution in [0.15, 0.2) is 54.9 Å². The first-order chi connectivity index (χ1) is 12.9. The van der Waals surface area contributed by atoms with Crippen LogP contribution in [0.25, 0.3) is 5.65 Å². The molecule has 140 valence electrons. The summed E-state index contributed by atoms with van der Waals surface area (Å²) in [5.74, 6) is 0. The highest BCUT2D eigenvalue weighted by Crippen LogP contribution is 2.31. The first kappa shape index (κ1) is 17.4. The molecule has 2 amide bonds. The van der Waals surface area contributed by atoms with Crippen molar-refractivity contribution in [2.24, 2.45) is 0 Å². The Bertz CT molecular complexity index is 961. The van der Waals surface area contributed by atoms with Crippen LogP contribution in [0.1, 0.15) is 24.1 Å². The van der Waals surface area contributed by atoms with Gasteiger partial charge in [-0.25, -0.2) is 9.78 Å². The Morgan fingerprint density at radius 1 is 1.19 bits per heavy atom. The van der Waals surface area contributed by atoms with Crippen molar-refractivity contribution in [1.82, 2.24) is 14.3 Å². The van der Waals surface area contributed by atoms with Crippen LogP contribution in [-0.4, -0.2) is 26.4 Å². The van der Waals surface area contributed by atoms with E-state index >= 15 is 0 Å². The van der Waals surface area contributed by atoms with E-state index in [0.717, 1.165) is 36.3 Å². The summed E-state index contributed by atoms with van der Waals surface area (Å²) in [5, 5.41) is 2.69. The quantitative estimate of drug-likeness (QED) is 0.728. The van der Waals surface area contributed by atoms with Gasteiger partial charge in [0, 0.05) is 17.9 Å². The lowest BCUT2D eigenvalue weighted by atomic mass is 10.2. The van der Waals surface area contributed by atoms with E-state index in [0.29, 0.717) is 12.2 Å². The topological polar surface area (TPSA) is 49.6 Å². The average molecular weight is 374 g/mol. The molecule has 0 bridgehead atoms. The number of halogens is 3. The Kier molecular flexibility index (Phi) is 4.25. The summed E-state index contributed by atoms with van der Waals surface area (Å²) in [6.45, 7) is 0.377. The van der Waals surface area contributed by atoms with E-state index in [9.17, 15) is 18.0 Å².